The van der Waals surface area contributed by atoms with Crippen LogP contribution in [0.1, 0.15) is 12.1 Å². The average Bonchev–Trinajstić information content (AvgIpc) is 3.26. The third-order valence-electron chi connectivity index (χ3n) is 5.32. The topological polar surface area (TPSA) is 58.5 Å². The number of imidazole rings is 1. The van der Waals surface area contributed by atoms with Gasteiger partial charge in [-0.1, -0.05) is 18.2 Å². The lowest BCUT2D eigenvalue weighted by Crippen LogP contribution is -2.42. The monoisotopic (exact) mass is 385 g/mol. The van der Waals surface area contributed by atoms with E-state index in [2.05, 4.69) is 20.3 Å². The minimum Gasteiger partial charge on any atom is -0.359 e. The van der Waals surface area contributed by atoms with E-state index in [1.165, 1.54) is 0 Å². The molecule has 1 aliphatic heterocycles. The first-order chi connectivity index (χ1) is 13.5. The van der Waals surface area contributed by atoms with Crippen LogP contribution in [0.5, 0.6) is 0 Å². The number of nitrogens with zero attached hydrogens (tertiary/aromatic N) is 3. The third kappa shape index (κ3) is 2.75. The van der Waals surface area contributed by atoms with Gasteiger partial charge in [0, 0.05) is 18.1 Å². The lowest BCUT2D eigenvalue weighted by Gasteiger charge is -2.27. The number of rotatable bonds is 4. The van der Waals surface area contributed by atoms with Gasteiger partial charge in [0.15, 0.2) is 11.5 Å². The van der Waals surface area contributed by atoms with Gasteiger partial charge >= 0.3 is 6.18 Å². The first-order valence-corrected chi connectivity index (χ1v) is 9.23. The number of aromatic nitrogens is 4. The van der Waals surface area contributed by atoms with Crippen LogP contribution < -0.4 is 5.32 Å². The molecule has 0 aliphatic carbocycles. The van der Waals surface area contributed by atoms with Crippen LogP contribution >= 0.6 is 0 Å². The van der Waals surface area contributed by atoms with Crippen LogP contribution in [0.2, 0.25) is 0 Å². The predicted octanol–water partition coefficient (Wildman–Crippen LogP) is 4.21. The van der Waals surface area contributed by atoms with Gasteiger partial charge in [0.1, 0.15) is 5.52 Å². The molecule has 3 aromatic heterocycles. The Bertz CT molecular complexity index is 1140. The summed E-state index contributed by atoms with van der Waals surface area (Å²) in [5, 5.41) is 3.92. The van der Waals surface area contributed by atoms with E-state index in [0.717, 1.165) is 19.5 Å². The Kier molecular flexibility index (Phi) is 3.90. The maximum atomic E-state index is 13.8. The number of halogens is 3. The number of H-pyrrole nitrogens is 1. The molecule has 1 saturated heterocycles. The highest BCUT2D eigenvalue weighted by Gasteiger charge is 2.37. The quantitative estimate of drug-likeness (QED) is 0.553. The second-order valence-electron chi connectivity index (χ2n) is 7.16. The molecule has 0 radical (unpaired) electrons. The van der Waals surface area contributed by atoms with Crippen LogP contribution in [0.15, 0.2) is 42.6 Å². The van der Waals surface area contributed by atoms with E-state index >= 15 is 0 Å². The van der Waals surface area contributed by atoms with Crippen molar-refractivity contribution in [2.75, 3.05) is 13.1 Å². The van der Waals surface area contributed by atoms with Gasteiger partial charge in [-0.3, -0.25) is 0 Å². The molecule has 1 fully saturated rings. The van der Waals surface area contributed by atoms with Crippen molar-refractivity contribution in [2.45, 2.75) is 19.1 Å². The van der Waals surface area contributed by atoms with E-state index in [1.54, 1.807) is 18.3 Å². The normalized spacial score (nSPS) is 15.4. The maximum absolute atomic E-state index is 13.8. The smallest absolute Gasteiger partial charge is 0.359 e. The van der Waals surface area contributed by atoms with Gasteiger partial charge in [-0.2, -0.15) is 13.2 Å². The number of alkyl halides is 3. The highest BCUT2D eigenvalue weighted by molar-refractivity contribution is 6.04. The molecule has 0 saturated carbocycles. The zero-order valence-electron chi connectivity index (χ0n) is 14.9. The van der Waals surface area contributed by atoms with Gasteiger partial charge in [-0.15, -0.1) is 0 Å². The predicted molar refractivity (Wildman–Crippen MR) is 101 cm³/mol. The van der Waals surface area contributed by atoms with Crippen molar-refractivity contribution in [3.05, 3.63) is 48.3 Å². The fraction of sp³-hybridized carbons (Fsp3) is 0.300. The molecule has 4 heterocycles. The SMILES string of the molecule is FC(F)(F)c1nc2ccccc2c2c1nc(-c1ccc[nH]1)n2CCC1CNC1. The fourth-order valence-corrected chi connectivity index (χ4v) is 3.79. The molecule has 1 aliphatic rings. The number of aryl methyl sites for hydroxylation is 1. The number of hydrogen-bond acceptors (Lipinski definition) is 3. The lowest BCUT2D eigenvalue weighted by molar-refractivity contribution is -0.139. The molecule has 0 unspecified atom stereocenters. The van der Waals surface area contributed by atoms with Gasteiger partial charge in [-0.05, 0) is 43.6 Å². The maximum Gasteiger partial charge on any atom is 0.435 e. The highest BCUT2D eigenvalue weighted by atomic mass is 19.4. The van der Waals surface area contributed by atoms with E-state index in [1.807, 2.05) is 28.8 Å². The second kappa shape index (κ2) is 6.34. The van der Waals surface area contributed by atoms with E-state index < -0.39 is 11.9 Å². The van der Waals surface area contributed by atoms with Gasteiger partial charge in [-0.25, -0.2) is 9.97 Å². The molecule has 0 amide bonds. The molecule has 2 N–H and O–H groups in total. The zero-order valence-corrected chi connectivity index (χ0v) is 14.9. The fourth-order valence-electron chi connectivity index (χ4n) is 3.79. The summed E-state index contributed by atoms with van der Waals surface area (Å²) in [4.78, 5) is 11.4. The molecule has 0 spiro atoms. The molecule has 28 heavy (non-hydrogen) atoms. The Morgan fingerprint density at radius 1 is 1.07 bits per heavy atom. The number of fused-ring (bicyclic) bond motifs is 3. The van der Waals surface area contributed by atoms with Gasteiger partial charge in [0.25, 0.3) is 0 Å². The van der Waals surface area contributed by atoms with Crippen molar-refractivity contribution in [1.29, 1.82) is 0 Å². The Hall–Kier alpha value is -2.87. The molecule has 5 nitrogen and oxygen atoms in total. The number of hydrogen-bond donors (Lipinski definition) is 2. The molecular formula is C20H18F3N5. The largest absolute Gasteiger partial charge is 0.435 e. The van der Waals surface area contributed by atoms with Gasteiger partial charge in [0.05, 0.1) is 16.7 Å². The van der Waals surface area contributed by atoms with Crippen LogP contribution in [-0.4, -0.2) is 32.6 Å². The Morgan fingerprint density at radius 3 is 2.57 bits per heavy atom. The third-order valence-corrected chi connectivity index (χ3v) is 5.32. The van der Waals surface area contributed by atoms with Crippen LogP contribution in [0.3, 0.4) is 0 Å². The van der Waals surface area contributed by atoms with Crippen molar-refractivity contribution in [2.24, 2.45) is 5.92 Å². The summed E-state index contributed by atoms with van der Waals surface area (Å²) in [6.45, 7) is 2.49. The average molecular weight is 385 g/mol. The number of pyridine rings is 1. The van der Waals surface area contributed by atoms with E-state index in [0.29, 0.717) is 40.4 Å². The van der Waals surface area contributed by atoms with Crippen LogP contribution in [0.4, 0.5) is 13.2 Å². The summed E-state index contributed by atoms with van der Waals surface area (Å²) >= 11 is 0. The van der Waals surface area contributed by atoms with Gasteiger partial charge in [0.2, 0.25) is 0 Å². The molecule has 8 heteroatoms. The van der Waals surface area contributed by atoms with Crippen molar-refractivity contribution < 1.29 is 13.2 Å². The van der Waals surface area contributed by atoms with Crippen molar-refractivity contribution >= 4 is 21.9 Å². The number of benzene rings is 1. The van der Waals surface area contributed by atoms with Crippen molar-refractivity contribution in [1.82, 2.24) is 24.8 Å². The molecule has 0 atom stereocenters. The minimum atomic E-state index is -4.58. The Labute approximate surface area is 158 Å². The minimum absolute atomic E-state index is 0.0949. The molecule has 1 aromatic carbocycles. The zero-order chi connectivity index (χ0) is 19.3. The van der Waals surface area contributed by atoms with Gasteiger partial charge < -0.3 is 14.9 Å². The number of para-hydroxylation sites is 1. The van der Waals surface area contributed by atoms with E-state index in [-0.39, 0.29) is 5.52 Å². The van der Waals surface area contributed by atoms with Crippen LogP contribution in [0, 0.1) is 5.92 Å². The molecular weight excluding hydrogens is 367 g/mol. The summed E-state index contributed by atoms with van der Waals surface area (Å²) in [5.74, 6) is 1.04. The summed E-state index contributed by atoms with van der Waals surface area (Å²) in [5.41, 5.74) is 0.488. The molecule has 0 bridgehead atoms. The molecule has 144 valence electrons. The molecule has 4 aromatic rings. The summed E-state index contributed by atoms with van der Waals surface area (Å²) < 4.78 is 43.3. The summed E-state index contributed by atoms with van der Waals surface area (Å²) in [6, 6.07) is 10.6. The second-order valence-corrected chi connectivity index (χ2v) is 7.16. The number of aromatic amines is 1. The summed E-state index contributed by atoms with van der Waals surface area (Å²) in [6.07, 6.45) is -1.95. The standard InChI is InChI=1S/C20H18F3N5/c21-20(22,23)18-16-17(13-4-1-2-5-14(13)26-18)28(9-7-12-10-24-11-12)19(27-16)15-6-3-8-25-15/h1-6,8,12,24-25H,7,9-11H2. The highest BCUT2D eigenvalue weighted by Crippen LogP contribution is 2.38. The first-order valence-electron chi connectivity index (χ1n) is 9.23. The van der Waals surface area contributed by atoms with Crippen molar-refractivity contribution in [3.63, 3.8) is 0 Å². The van der Waals surface area contributed by atoms with Crippen LogP contribution in [0.25, 0.3) is 33.5 Å². The summed E-state index contributed by atoms with van der Waals surface area (Å²) in [7, 11) is 0. The number of nitrogens with one attached hydrogen (secondary N) is 2. The van der Waals surface area contributed by atoms with Crippen LogP contribution in [-0.2, 0) is 12.7 Å². The van der Waals surface area contributed by atoms with Crippen molar-refractivity contribution in [3.8, 4) is 11.5 Å². The van der Waals surface area contributed by atoms with E-state index in [9.17, 15) is 13.2 Å². The Morgan fingerprint density at radius 2 is 1.89 bits per heavy atom. The lowest BCUT2D eigenvalue weighted by atomic mass is 9.99. The Balaban J connectivity index is 1.81. The van der Waals surface area contributed by atoms with E-state index in [4.69, 9.17) is 0 Å². The molecule has 5 rings (SSSR count). The first kappa shape index (κ1) is 17.2.